The van der Waals surface area contributed by atoms with E-state index in [4.69, 9.17) is 47.0 Å². The number of aromatic nitrogens is 4. The Morgan fingerprint density at radius 2 is 1.76 bits per heavy atom. The van der Waals surface area contributed by atoms with Crippen LogP contribution in [0.5, 0.6) is 0 Å². The average molecular weight is 524 g/mol. The third-order valence-corrected chi connectivity index (χ3v) is 5.97. The summed E-state index contributed by atoms with van der Waals surface area (Å²) in [6, 6.07) is 13.5. The Bertz CT molecular complexity index is 1300. The van der Waals surface area contributed by atoms with Gasteiger partial charge in [0.05, 0.1) is 13.1 Å². The van der Waals surface area contributed by atoms with Gasteiger partial charge < -0.3 is 10.6 Å². The monoisotopic (exact) mass is 522 g/mol. The van der Waals surface area contributed by atoms with Crippen LogP contribution in [0.4, 0.5) is 16.0 Å². The minimum atomic E-state index is -0.379. The number of nitrogens with zero attached hydrogens (tertiary/aromatic N) is 4. The van der Waals surface area contributed by atoms with Crippen molar-refractivity contribution in [1.29, 1.82) is 0 Å². The molecule has 0 unspecified atom stereocenters. The molecule has 4 rings (SSSR count). The summed E-state index contributed by atoms with van der Waals surface area (Å²) in [5.74, 6) is 0.701. The Balaban J connectivity index is 1.38. The van der Waals surface area contributed by atoms with E-state index >= 15 is 0 Å². The molecule has 0 aliphatic carbocycles. The number of aryl methyl sites for hydroxylation is 1. The molecular weight excluding hydrogens is 506 g/mol. The van der Waals surface area contributed by atoms with Crippen LogP contribution in [0.1, 0.15) is 16.8 Å². The molecule has 0 saturated heterocycles. The van der Waals surface area contributed by atoms with Crippen molar-refractivity contribution in [3.8, 4) is 0 Å². The molecule has 0 fully saturated rings. The molecule has 0 aliphatic rings. The van der Waals surface area contributed by atoms with Gasteiger partial charge in [-0.3, -0.25) is 9.36 Å². The van der Waals surface area contributed by atoms with Crippen molar-refractivity contribution in [2.24, 2.45) is 0 Å². The molecule has 4 aromatic rings. The first kappa shape index (κ1) is 23.5. The van der Waals surface area contributed by atoms with Crippen molar-refractivity contribution in [1.82, 2.24) is 19.6 Å². The molecule has 170 valence electrons. The SMILES string of the molecule is Cc1cc(NC(=S)Nc2ccn(Cc3c(F)cccc3Cl)n2)nn1Cc1ccc(Cl)cc1Cl. The first-order chi connectivity index (χ1) is 15.8. The lowest BCUT2D eigenvalue weighted by Gasteiger charge is -2.08. The number of rotatable bonds is 6. The molecular formula is C22H18Cl3FN6S. The topological polar surface area (TPSA) is 59.7 Å². The van der Waals surface area contributed by atoms with Gasteiger partial charge in [-0.25, -0.2) is 4.39 Å². The molecule has 0 aliphatic heterocycles. The second kappa shape index (κ2) is 10.1. The molecule has 0 saturated carbocycles. The highest BCUT2D eigenvalue weighted by Gasteiger charge is 2.11. The summed E-state index contributed by atoms with van der Waals surface area (Å²) >= 11 is 23.7. The van der Waals surface area contributed by atoms with Gasteiger partial charge >= 0.3 is 0 Å². The predicted molar refractivity (Wildman–Crippen MR) is 135 cm³/mol. The molecule has 2 heterocycles. The standard InChI is InChI=1S/C22H18Cl3FN6S/c1-13-9-21(30-32(13)11-14-5-6-15(23)10-18(14)25)28-22(33)27-20-7-8-31(29-20)12-16-17(24)3-2-4-19(16)26/h2-10H,11-12H2,1H3,(H2,27,28,29,30,33). The minimum Gasteiger partial charge on any atom is -0.316 e. The van der Waals surface area contributed by atoms with Gasteiger partial charge in [-0.05, 0) is 49.0 Å². The first-order valence-corrected chi connectivity index (χ1v) is 11.4. The van der Waals surface area contributed by atoms with Crippen molar-refractivity contribution in [3.63, 3.8) is 0 Å². The van der Waals surface area contributed by atoms with Crippen LogP contribution >= 0.6 is 47.0 Å². The van der Waals surface area contributed by atoms with Crippen molar-refractivity contribution < 1.29 is 4.39 Å². The number of hydrogen-bond donors (Lipinski definition) is 2. The molecule has 0 atom stereocenters. The van der Waals surface area contributed by atoms with E-state index in [-0.39, 0.29) is 12.4 Å². The Hall–Kier alpha value is -2.65. The summed E-state index contributed by atoms with van der Waals surface area (Å²) < 4.78 is 17.4. The Morgan fingerprint density at radius 3 is 2.52 bits per heavy atom. The van der Waals surface area contributed by atoms with E-state index in [9.17, 15) is 4.39 Å². The van der Waals surface area contributed by atoms with Crippen LogP contribution in [0.15, 0.2) is 54.7 Å². The van der Waals surface area contributed by atoms with E-state index in [0.29, 0.717) is 43.9 Å². The summed E-state index contributed by atoms with van der Waals surface area (Å²) in [6.07, 6.45) is 1.71. The van der Waals surface area contributed by atoms with Gasteiger partial charge in [0, 0.05) is 44.7 Å². The molecule has 33 heavy (non-hydrogen) atoms. The van der Waals surface area contributed by atoms with E-state index in [1.807, 2.05) is 23.7 Å². The van der Waals surface area contributed by atoms with Gasteiger partial charge in [0.15, 0.2) is 16.7 Å². The van der Waals surface area contributed by atoms with Crippen molar-refractivity contribution >= 4 is 63.8 Å². The number of anilines is 2. The van der Waals surface area contributed by atoms with Gasteiger partial charge in [0.1, 0.15) is 5.82 Å². The lowest BCUT2D eigenvalue weighted by atomic mass is 10.2. The largest absolute Gasteiger partial charge is 0.316 e. The van der Waals surface area contributed by atoms with Gasteiger partial charge in [-0.1, -0.05) is 46.9 Å². The third-order valence-electron chi connectivity index (χ3n) is 4.82. The number of nitrogens with one attached hydrogen (secondary N) is 2. The Kier molecular flexibility index (Phi) is 7.19. The maximum atomic E-state index is 14.0. The zero-order chi connectivity index (χ0) is 23.5. The summed E-state index contributed by atoms with van der Waals surface area (Å²) in [7, 11) is 0. The van der Waals surface area contributed by atoms with Crippen LogP contribution in [-0.4, -0.2) is 24.7 Å². The highest BCUT2D eigenvalue weighted by atomic mass is 35.5. The molecule has 2 aromatic carbocycles. The van der Waals surface area contributed by atoms with Gasteiger partial charge in [-0.2, -0.15) is 10.2 Å². The second-order valence-electron chi connectivity index (χ2n) is 7.24. The lowest BCUT2D eigenvalue weighted by Crippen LogP contribution is -2.20. The number of thiocarbonyl (C=S) groups is 1. The van der Waals surface area contributed by atoms with Gasteiger partial charge in [0.2, 0.25) is 0 Å². The van der Waals surface area contributed by atoms with Crippen molar-refractivity contribution in [2.75, 3.05) is 10.6 Å². The number of halogens is 4. The molecule has 0 amide bonds. The quantitative estimate of drug-likeness (QED) is 0.287. The van der Waals surface area contributed by atoms with E-state index in [1.165, 1.54) is 6.07 Å². The van der Waals surface area contributed by atoms with E-state index in [2.05, 4.69) is 20.8 Å². The number of benzene rings is 2. The second-order valence-corrected chi connectivity index (χ2v) is 8.90. The van der Waals surface area contributed by atoms with Crippen LogP contribution in [0.3, 0.4) is 0 Å². The zero-order valence-electron chi connectivity index (χ0n) is 17.3. The highest BCUT2D eigenvalue weighted by Crippen LogP contribution is 2.23. The van der Waals surface area contributed by atoms with Crippen LogP contribution in [0.25, 0.3) is 0 Å². The summed E-state index contributed by atoms with van der Waals surface area (Å²) in [6.45, 7) is 2.63. The summed E-state index contributed by atoms with van der Waals surface area (Å²) in [4.78, 5) is 0. The van der Waals surface area contributed by atoms with Crippen LogP contribution in [0.2, 0.25) is 15.1 Å². The molecule has 0 bridgehead atoms. The summed E-state index contributed by atoms with van der Waals surface area (Å²) in [5.41, 5.74) is 2.20. The fraction of sp³-hybridized carbons (Fsp3) is 0.136. The summed E-state index contributed by atoms with van der Waals surface area (Å²) in [5, 5.41) is 16.8. The molecule has 6 nitrogen and oxygen atoms in total. The molecule has 0 spiro atoms. The highest BCUT2D eigenvalue weighted by molar-refractivity contribution is 7.80. The number of hydrogen-bond acceptors (Lipinski definition) is 3. The minimum absolute atomic E-state index is 0.199. The van der Waals surface area contributed by atoms with E-state index < -0.39 is 0 Å². The zero-order valence-corrected chi connectivity index (χ0v) is 20.4. The van der Waals surface area contributed by atoms with Crippen LogP contribution in [0, 0.1) is 12.7 Å². The predicted octanol–water partition coefficient (Wildman–Crippen LogP) is 6.39. The van der Waals surface area contributed by atoms with E-state index in [0.717, 1.165) is 11.3 Å². The van der Waals surface area contributed by atoms with Gasteiger partial charge in [0.25, 0.3) is 0 Å². The smallest absolute Gasteiger partial charge is 0.177 e. The van der Waals surface area contributed by atoms with Gasteiger partial charge in [-0.15, -0.1) is 0 Å². The molecule has 11 heteroatoms. The molecule has 2 aromatic heterocycles. The molecule has 0 radical (unpaired) electrons. The van der Waals surface area contributed by atoms with Crippen molar-refractivity contribution in [2.45, 2.75) is 20.0 Å². The van der Waals surface area contributed by atoms with Crippen LogP contribution < -0.4 is 10.6 Å². The Labute approximate surface area is 210 Å². The van der Waals surface area contributed by atoms with Crippen LogP contribution in [-0.2, 0) is 13.1 Å². The van der Waals surface area contributed by atoms with E-state index in [1.54, 1.807) is 41.2 Å². The maximum absolute atomic E-state index is 14.0. The van der Waals surface area contributed by atoms with Crippen molar-refractivity contribution in [3.05, 3.63) is 92.4 Å². The third kappa shape index (κ3) is 5.83. The average Bonchev–Trinajstić information content (AvgIpc) is 3.32. The fourth-order valence-corrected chi connectivity index (χ4v) is 4.07. The fourth-order valence-electron chi connectivity index (χ4n) is 3.17. The Morgan fingerprint density at radius 1 is 0.970 bits per heavy atom. The first-order valence-electron chi connectivity index (χ1n) is 9.81. The molecule has 2 N–H and O–H groups in total. The lowest BCUT2D eigenvalue weighted by molar-refractivity contribution is 0.586. The maximum Gasteiger partial charge on any atom is 0.177 e. The normalized spacial score (nSPS) is 10.9.